The molecule has 4 nitrogen and oxygen atoms in total. The van der Waals surface area contributed by atoms with Gasteiger partial charge in [0.25, 0.3) is 0 Å². The van der Waals surface area contributed by atoms with Crippen molar-refractivity contribution in [2.75, 3.05) is 6.54 Å². The van der Waals surface area contributed by atoms with Gasteiger partial charge in [0.2, 0.25) is 0 Å². The van der Waals surface area contributed by atoms with Crippen LogP contribution in [0.1, 0.15) is 29.6 Å². The zero-order valence-electron chi connectivity index (χ0n) is 9.99. The molecular weight excluding hydrogens is 246 g/mol. The lowest BCUT2D eigenvalue weighted by Gasteiger charge is -2.22. The molecule has 1 aliphatic heterocycles. The summed E-state index contributed by atoms with van der Waals surface area (Å²) in [4.78, 5) is 11.0. The second kappa shape index (κ2) is 5.04. The summed E-state index contributed by atoms with van der Waals surface area (Å²) in [5.41, 5.74) is 0.751. The molecule has 18 heavy (non-hydrogen) atoms. The third-order valence-electron chi connectivity index (χ3n) is 3.32. The van der Waals surface area contributed by atoms with E-state index in [0.29, 0.717) is 12.6 Å². The van der Waals surface area contributed by atoms with Crippen molar-refractivity contribution in [3.63, 3.8) is 0 Å². The normalized spacial score (nSPS) is 20.3. The van der Waals surface area contributed by atoms with E-state index in [1.54, 1.807) is 29.7 Å². The first kappa shape index (κ1) is 11.6. The number of hydrogen-bond acceptors (Lipinski definition) is 5. The fourth-order valence-corrected chi connectivity index (χ4v) is 3.24. The molecule has 94 valence electrons. The minimum Gasteiger partial charge on any atom is -0.506 e. The number of pyridine rings is 1. The van der Waals surface area contributed by atoms with Gasteiger partial charge in [0.1, 0.15) is 10.8 Å². The van der Waals surface area contributed by atoms with E-state index in [-0.39, 0.29) is 5.75 Å². The average molecular weight is 261 g/mol. The van der Waals surface area contributed by atoms with Gasteiger partial charge in [-0.15, -0.1) is 11.3 Å². The summed E-state index contributed by atoms with van der Waals surface area (Å²) < 4.78 is 0. The molecule has 1 N–H and O–H groups in total. The summed E-state index contributed by atoms with van der Waals surface area (Å²) in [5.74, 6) is 0.280. The number of nitrogens with zero attached hydrogens (tertiary/aromatic N) is 3. The molecule has 2 aromatic rings. The predicted octanol–water partition coefficient (Wildman–Crippen LogP) is 2.58. The van der Waals surface area contributed by atoms with E-state index in [4.69, 9.17) is 0 Å². The quantitative estimate of drug-likeness (QED) is 0.922. The van der Waals surface area contributed by atoms with Crippen LogP contribution in [-0.2, 0) is 6.54 Å². The zero-order valence-corrected chi connectivity index (χ0v) is 10.8. The molecular formula is C13H15N3OS. The number of hydrogen-bond donors (Lipinski definition) is 1. The summed E-state index contributed by atoms with van der Waals surface area (Å²) >= 11 is 1.70. The van der Waals surface area contributed by atoms with Crippen LogP contribution in [0.3, 0.4) is 0 Å². The number of likely N-dealkylation sites (tertiary alicyclic amines) is 1. The highest BCUT2D eigenvalue weighted by atomic mass is 32.1. The fraction of sp³-hybridized carbons (Fsp3) is 0.385. The number of rotatable bonds is 3. The van der Waals surface area contributed by atoms with Crippen LogP contribution in [-0.4, -0.2) is 26.5 Å². The monoisotopic (exact) mass is 261 g/mol. The van der Waals surface area contributed by atoms with Gasteiger partial charge in [-0.2, -0.15) is 0 Å². The van der Waals surface area contributed by atoms with Crippen LogP contribution in [0.5, 0.6) is 5.75 Å². The molecule has 3 rings (SSSR count). The Kier molecular flexibility index (Phi) is 3.25. The lowest BCUT2D eigenvalue weighted by molar-refractivity contribution is 0.241. The van der Waals surface area contributed by atoms with Crippen LogP contribution in [0.15, 0.2) is 29.9 Å². The number of thiazole rings is 1. The molecule has 1 unspecified atom stereocenters. The smallest absolute Gasteiger partial charge is 0.138 e. The van der Waals surface area contributed by atoms with Gasteiger partial charge < -0.3 is 5.11 Å². The van der Waals surface area contributed by atoms with Crippen molar-refractivity contribution in [1.29, 1.82) is 0 Å². The van der Waals surface area contributed by atoms with Crippen molar-refractivity contribution in [1.82, 2.24) is 14.9 Å². The van der Waals surface area contributed by atoms with E-state index >= 15 is 0 Å². The van der Waals surface area contributed by atoms with Gasteiger partial charge >= 0.3 is 0 Å². The highest BCUT2D eigenvalue weighted by Crippen LogP contribution is 2.34. The summed E-state index contributed by atoms with van der Waals surface area (Å²) in [7, 11) is 0. The average Bonchev–Trinajstić information content (AvgIpc) is 3.02. The number of aromatic nitrogens is 2. The summed E-state index contributed by atoms with van der Waals surface area (Å²) in [6.45, 7) is 1.73. The molecule has 0 bridgehead atoms. The first-order valence-electron chi connectivity index (χ1n) is 6.11. The molecule has 1 saturated heterocycles. The maximum Gasteiger partial charge on any atom is 0.138 e. The van der Waals surface area contributed by atoms with E-state index in [2.05, 4.69) is 14.9 Å². The topological polar surface area (TPSA) is 49.3 Å². The lowest BCUT2D eigenvalue weighted by Crippen LogP contribution is -2.23. The van der Waals surface area contributed by atoms with Crippen LogP contribution in [0, 0.1) is 0 Å². The SMILES string of the molecule is Oc1cccnc1CN1CCCC1c1nccs1. The Bertz CT molecular complexity index is 515. The Balaban J connectivity index is 1.78. The molecule has 0 amide bonds. The van der Waals surface area contributed by atoms with Gasteiger partial charge in [-0.1, -0.05) is 0 Å². The Labute approximate surface area is 110 Å². The van der Waals surface area contributed by atoms with Crippen molar-refractivity contribution in [2.24, 2.45) is 0 Å². The van der Waals surface area contributed by atoms with Gasteiger partial charge in [0.15, 0.2) is 0 Å². The second-order valence-corrected chi connectivity index (χ2v) is 5.39. The van der Waals surface area contributed by atoms with E-state index in [9.17, 15) is 5.11 Å². The van der Waals surface area contributed by atoms with Gasteiger partial charge in [-0.25, -0.2) is 4.98 Å². The third-order valence-corrected chi connectivity index (χ3v) is 4.20. The largest absolute Gasteiger partial charge is 0.506 e. The molecule has 1 atom stereocenters. The van der Waals surface area contributed by atoms with Crippen molar-refractivity contribution in [3.8, 4) is 5.75 Å². The first-order valence-corrected chi connectivity index (χ1v) is 6.99. The Morgan fingerprint density at radius 1 is 1.39 bits per heavy atom. The van der Waals surface area contributed by atoms with Gasteiger partial charge in [-0.05, 0) is 31.5 Å². The Hall–Kier alpha value is -1.46. The van der Waals surface area contributed by atoms with E-state index in [1.807, 2.05) is 11.6 Å². The molecule has 1 fully saturated rings. The molecule has 0 spiro atoms. The van der Waals surface area contributed by atoms with Crippen molar-refractivity contribution >= 4 is 11.3 Å². The maximum atomic E-state index is 9.79. The molecule has 5 heteroatoms. The van der Waals surface area contributed by atoms with E-state index in [0.717, 1.165) is 18.7 Å². The summed E-state index contributed by atoms with van der Waals surface area (Å²) in [6, 6.07) is 3.82. The molecule has 1 aliphatic rings. The van der Waals surface area contributed by atoms with Crippen LogP contribution in [0.25, 0.3) is 0 Å². The van der Waals surface area contributed by atoms with Gasteiger partial charge in [-0.3, -0.25) is 9.88 Å². The van der Waals surface area contributed by atoms with Crippen LogP contribution < -0.4 is 0 Å². The second-order valence-electron chi connectivity index (χ2n) is 4.47. The van der Waals surface area contributed by atoms with Crippen molar-refractivity contribution < 1.29 is 5.11 Å². The number of aromatic hydroxyl groups is 1. The van der Waals surface area contributed by atoms with Gasteiger partial charge in [0, 0.05) is 24.3 Å². The van der Waals surface area contributed by atoms with Crippen molar-refractivity contribution in [3.05, 3.63) is 40.6 Å². The Morgan fingerprint density at radius 2 is 2.33 bits per heavy atom. The standard InChI is InChI=1S/C13H15N3OS/c17-12-4-1-5-14-10(12)9-16-7-2-3-11(16)13-15-6-8-18-13/h1,4-6,8,11,17H,2-3,7,9H2. The van der Waals surface area contributed by atoms with Gasteiger partial charge in [0.05, 0.1) is 11.7 Å². The molecule has 0 aliphatic carbocycles. The lowest BCUT2D eigenvalue weighted by atomic mass is 10.2. The molecule has 0 saturated carbocycles. The first-order chi connectivity index (χ1) is 8.84. The minimum atomic E-state index is 0.280. The van der Waals surface area contributed by atoms with E-state index in [1.165, 1.54) is 11.4 Å². The third kappa shape index (κ3) is 2.23. The molecule has 0 radical (unpaired) electrons. The minimum absolute atomic E-state index is 0.280. The van der Waals surface area contributed by atoms with Crippen LogP contribution >= 0.6 is 11.3 Å². The highest BCUT2D eigenvalue weighted by Gasteiger charge is 2.28. The molecule has 3 heterocycles. The van der Waals surface area contributed by atoms with Crippen LogP contribution in [0.2, 0.25) is 0 Å². The van der Waals surface area contributed by atoms with Crippen molar-refractivity contribution in [2.45, 2.75) is 25.4 Å². The van der Waals surface area contributed by atoms with Crippen LogP contribution in [0.4, 0.5) is 0 Å². The summed E-state index contributed by atoms with van der Waals surface area (Å²) in [5, 5.41) is 13.0. The maximum absolute atomic E-state index is 9.79. The fourth-order valence-electron chi connectivity index (χ4n) is 2.44. The predicted molar refractivity (Wildman–Crippen MR) is 70.4 cm³/mol. The Morgan fingerprint density at radius 3 is 3.11 bits per heavy atom. The summed E-state index contributed by atoms with van der Waals surface area (Å²) in [6.07, 6.45) is 5.90. The zero-order chi connectivity index (χ0) is 12.4. The van der Waals surface area contributed by atoms with E-state index < -0.39 is 0 Å². The highest BCUT2D eigenvalue weighted by molar-refractivity contribution is 7.09. The molecule has 2 aromatic heterocycles. The molecule has 0 aromatic carbocycles.